The maximum atomic E-state index is 12.0. The van der Waals surface area contributed by atoms with Crippen LogP contribution in [-0.2, 0) is 16.0 Å². The van der Waals surface area contributed by atoms with Gasteiger partial charge in [0.15, 0.2) is 28.8 Å². The molecule has 1 atom stereocenters. The number of hydrogen-bond donors (Lipinski definition) is 2. The number of hydrogen-bond acceptors (Lipinski definition) is 6. The minimum Gasteiger partial charge on any atom is -0.612 e. The van der Waals surface area contributed by atoms with E-state index in [0.29, 0.717) is 22.6 Å². The topological polar surface area (TPSA) is 99.1 Å². The molecule has 0 aliphatic heterocycles. The summed E-state index contributed by atoms with van der Waals surface area (Å²) in [5.41, 5.74) is 1.26. The molecule has 6 nitrogen and oxygen atoms in total. The van der Waals surface area contributed by atoms with Gasteiger partial charge in [-0.3, -0.25) is 4.79 Å². The van der Waals surface area contributed by atoms with Gasteiger partial charge in [-0.2, -0.15) is 0 Å². The van der Waals surface area contributed by atoms with E-state index in [0.717, 1.165) is 0 Å². The molecule has 2 aromatic rings. The van der Waals surface area contributed by atoms with Crippen LogP contribution < -0.4 is 9.47 Å². The summed E-state index contributed by atoms with van der Waals surface area (Å²) < 4.78 is 21.9. The van der Waals surface area contributed by atoms with Crippen molar-refractivity contribution in [3.8, 4) is 23.0 Å². The summed E-state index contributed by atoms with van der Waals surface area (Å²) in [6.45, 7) is 0. The van der Waals surface area contributed by atoms with Gasteiger partial charge in [0.25, 0.3) is 0 Å². The number of ether oxygens (including phenoxy) is 2. The SMILES string of the molecule is COc1ccc(/C=C\[S+]([O-])CC(=O)/C=C/c2ccc(OC)c(O)c2)cc1O. The number of methoxy groups -OCH3 is 2. The Bertz CT molecular complexity index is 860. The highest BCUT2D eigenvalue weighted by atomic mass is 32.2. The first-order chi connectivity index (χ1) is 12.9. The van der Waals surface area contributed by atoms with Crippen molar-refractivity contribution in [2.75, 3.05) is 20.0 Å². The zero-order chi connectivity index (χ0) is 19.8. The van der Waals surface area contributed by atoms with Crippen LogP contribution in [0.3, 0.4) is 0 Å². The van der Waals surface area contributed by atoms with Gasteiger partial charge < -0.3 is 24.2 Å². The van der Waals surface area contributed by atoms with E-state index in [2.05, 4.69) is 0 Å². The van der Waals surface area contributed by atoms with E-state index in [1.54, 1.807) is 30.3 Å². The van der Waals surface area contributed by atoms with E-state index in [4.69, 9.17) is 9.47 Å². The first kappa shape index (κ1) is 20.4. The molecule has 2 aromatic carbocycles. The van der Waals surface area contributed by atoms with Crippen molar-refractivity contribution in [2.24, 2.45) is 0 Å². The van der Waals surface area contributed by atoms with Gasteiger partial charge in [0.1, 0.15) is 5.41 Å². The van der Waals surface area contributed by atoms with Gasteiger partial charge in [-0.25, -0.2) is 0 Å². The van der Waals surface area contributed by atoms with E-state index in [1.165, 1.54) is 43.9 Å². The molecule has 0 spiro atoms. The summed E-state index contributed by atoms with van der Waals surface area (Å²) in [5, 5.41) is 20.8. The zero-order valence-corrected chi connectivity index (χ0v) is 15.7. The molecular weight excluding hydrogens is 368 g/mol. The lowest BCUT2D eigenvalue weighted by Gasteiger charge is -2.05. The monoisotopic (exact) mass is 388 g/mol. The van der Waals surface area contributed by atoms with Gasteiger partial charge in [0.2, 0.25) is 5.78 Å². The van der Waals surface area contributed by atoms with Crippen LogP contribution >= 0.6 is 0 Å². The van der Waals surface area contributed by atoms with Gasteiger partial charge in [-0.05, 0) is 58.7 Å². The Morgan fingerprint density at radius 2 is 1.52 bits per heavy atom. The fourth-order valence-electron chi connectivity index (χ4n) is 2.20. The average molecular weight is 388 g/mol. The third-order valence-electron chi connectivity index (χ3n) is 3.56. The highest BCUT2D eigenvalue weighted by Crippen LogP contribution is 2.27. The number of aromatic hydroxyl groups is 2. The number of rotatable bonds is 8. The van der Waals surface area contributed by atoms with E-state index in [-0.39, 0.29) is 23.0 Å². The fourth-order valence-corrected chi connectivity index (χ4v) is 2.98. The number of phenolic OH excluding ortho intramolecular Hbond substituents is 2. The van der Waals surface area contributed by atoms with Crippen LogP contribution in [0, 0.1) is 0 Å². The normalized spacial score (nSPS) is 12.4. The Hall–Kier alpha value is -2.90. The van der Waals surface area contributed by atoms with Crippen LogP contribution in [-0.4, -0.2) is 40.5 Å². The molecule has 0 saturated heterocycles. The second-order valence-corrected chi connectivity index (χ2v) is 6.81. The Morgan fingerprint density at radius 1 is 1.00 bits per heavy atom. The Labute approximate surface area is 160 Å². The molecule has 142 valence electrons. The number of carbonyl (C=O) groups excluding carboxylic acids is 1. The Balaban J connectivity index is 1.93. The lowest BCUT2D eigenvalue weighted by atomic mass is 10.2. The summed E-state index contributed by atoms with van der Waals surface area (Å²) in [5.74, 6) is 0.156. The van der Waals surface area contributed by atoms with E-state index < -0.39 is 11.2 Å². The van der Waals surface area contributed by atoms with Crippen LogP contribution in [0.2, 0.25) is 0 Å². The first-order valence-corrected chi connectivity index (χ1v) is 9.31. The molecule has 0 heterocycles. The fraction of sp³-hybridized carbons (Fsp3) is 0.150. The molecule has 0 aromatic heterocycles. The molecule has 1 unspecified atom stereocenters. The molecule has 0 saturated carbocycles. The Kier molecular flexibility index (Phi) is 7.34. The molecule has 0 fully saturated rings. The minimum absolute atomic E-state index is 0.0211. The average Bonchev–Trinajstić information content (AvgIpc) is 2.65. The van der Waals surface area contributed by atoms with Gasteiger partial charge in [0.05, 0.1) is 14.2 Å². The third kappa shape index (κ3) is 6.09. The van der Waals surface area contributed by atoms with Gasteiger partial charge in [-0.15, -0.1) is 0 Å². The van der Waals surface area contributed by atoms with E-state index in [1.807, 2.05) is 0 Å². The molecule has 2 rings (SSSR count). The molecule has 0 radical (unpaired) electrons. The van der Waals surface area contributed by atoms with Crippen molar-refractivity contribution < 1.29 is 29.0 Å². The van der Waals surface area contributed by atoms with Crippen molar-refractivity contribution in [3.05, 3.63) is 59.0 Å². The number of ketones is 1. The maximum Gasteiger partial charge on any atom is 0.205 e. The van der Waals surface area contributed by atoms with Crippen LogP contribution in [0.5, 0.6) is 23.0 Å². The molecular formula is C20H20O6S. The molecule has 27 heavy (non-hydrogen) atoms. The van der Waals surface area contributed by atoms with Crippen LogP contribution in [0.15, 0.2) is 47.9 Å². The number of phenols is 2. The molecule has 0 bridgehead atoms. The van der Waals surface area contributed by atoms with Gasteiger partial charge >= 0.3 is 0 Å². The Morgan fingerprint density at radius 3 is 2.00 bits per heavy atom. The highest BCUT2D eigenvalue weighted by molar-refractivity contribution is 7.95. The molecule has 0 amide bonds. The van der Waals surface area contributed by atoms with E-state index >= 15 is 0 Å². The maximum absolute atomic E-state index is 12.0. The van der Waals surface area contributed by atoms with Crippen LogP contribution in [0.4, 0.5) is 0 Å². The summed E-state index contributed by atoms with van der Waals surface area (Å²) >= 11 is -1.50. The molecule has 0 aliphatic carbocycles. The summed E-state index contributed by atoms with van der Waals surface area (Å²) in [7, 11) is 2.90. The number of carbonyl (C=O) groups is 1. The lowest BCUT2D eigenvalue weighted by Crippen LogP contribution is -2.11. The minimum atomic E-state index is -1.50. The smallest absolute Gasteiger partial charge is 0.205 e. The van der Waals surface area contributed by atoms with Gasteiger partial charge in [0, 0.05) is 0 Å². The third-order valence-corrected chi connectivity index (χ3v) is 4.57. The van der Waals surface area contributed by atoms with Crippen LogP contribution in [0.1, 0.15) is 11.1 Å². The zero-order valence-electron chi connectivity index (χ0n) is 14.9. The quantitative estimate of drug-likeness (QED) is 0.532. The largest absolute Gasteiger partial charge is 0.612 e. The predicted molar refractivity (Wildman–Crippen MR) is 105 cm³/mol. The van der Waals surface area contributed by atoms with Crippen molar-refractivity contribution in [1.29, 1.82) is 0 Å². The van der Waals surface area contributed by atoms with Gasteiger partial charge in [-0.1, -0.05) is 18.2 Å². The molecule has 2 N–H and O–H groups in total. The van der Waals surface area contributed by atoms with Crippen molar-refractivity contribution >= 4 is 29.1 Å². The lowest BCUT2D eigenvalue weighted by molar-refractivity contribution is -0.112. The van der Waals surface area contributed by atoms with E-state index in [9.17, 15) is 19.6 Å². The second-order valence-electron chi connectivity index (χ2n) is 5.49. The molecule has 7 heteroatoms. The van der Waals surface area contributed by atoms with Crippen LogP contribution in [0.25, 0.3) is 12.2 Å². The summed E-state index contributed by atoms with van der Waals surface area (Å²) in [6.07, 6.45) is 4.41. The standard InChI is InChI=1S/C20H20O6S/c1-25-19-7-4-14(11-17(19)22)3-6-16(21)13-27(24)10-9-15-5-8-20(26-2)18(23)12-15/h3-12,22-23H,13H2,1-2H3/b6-3+,10-9-. The summed E-state index contributed by atoms with van der Waals surface area (Å²) in [6, 6.07) is 9.51. The second kappa shape index (κ2) is 9.70. The number of benzene rings is 2. The predicted octanol–water partition coefficient (Wildman–Crippen LogP) is 3.12. The highest BCUT2D eigenvalue weighted by Gasteiger charge is 2.09. The van der Waals surface area contributed by atoms with Crippen molar-refractivity contribution in [2.45, 2.75) is 0 Å². The summed E-state index contributed by atoms with van der Waals surface area (Å²) in [4.78, 5) is 11.9. The first-order valence-electron chi connectivity index (χ1n) is 7.93. The van der Waals surface area contributed by atoms with Crippen molar-refractivity contribution in [3.63, 3.8) is 0 Å². The number of allylic oxidation sites excluding steroid dienone is 1. The molecule has 0 aliphatic rings. The van der Waals surface area contributed by atoms with Crippen molar-refractivity contribution in [1.82, 2.24) is 0 Å².